The standard InChI is InChI=1S/C15H15N5O2/c1-11(21)12-4-2-5-13(10-12)17-15(22)18-14-6-9-20(19-14)8-3-7-16/h2,4-6,9-10H,3,8H2,1H3,(H2,17,18,19,22). The molecular weight excluding hydrogens is 282 g/mol. The minimum Gasteiger partial charge on any atom is -0.308 e. The summed E-state index contributed by atoms with van der Waals surface area (Å²) in [7, 11) is 0. The number of rotatable bonds is 5. The third-order valence-electron chi connectivity index (χ3n) is 2.86. The first-order chi connectivity index (χ1) is 10.6. The van der Waals surface area contributed by atoms with Crippen molar-refractivity contribution in [2.45, 2.75) is 19.9 Å². The maximum atomic E-state index is 11.9. The summed E-state index contributed by atoms with van der Waals surface area (Å²) in [6.45, 7) is 1.94. The van der Waals surface area contributed by atoms with Crippen molar-refractivity contribution in [3.05, 3.63) is 42.1 Å². The second-order valence-electron chi connectivity index (χ2n) is 4.59. The Kier molecular flexibility index (Phi) is 4.88. The number of benzene rings is 1. The van der Waals surface area contributed by atoms with Gasteiger partial charge in [-0.2, -0.15) is 10.4 Å². The van der Waals surface area contributed by atoms with Crippen molar-refractivity contribution in [1.29, 1.82) is 5.26 Å². The lowest BCUT2D eigenvalue weighted by molar-refractivity contribution is 0.101. The van der Waals surface area contributed by atoms with Gasteiger partial charge in [-0.15, -0.1) is 0 Å². The van der Waals surface area contributed by atoms with Gasteiger partial charge < -0.3 is 5.32 Å². The Labute approximate surface area is 127 Å². The Balaban J connectivity index is 1.95. The van der Waals surface area contributed by atoms with Crippen molar-refractivity contribution in [1.82, 2.24) is 9.78 Å². The van der Waals surface area contributed by atoms with Crippen LogP contribution < -0.4 is 10.6 Å². The molecule has 0 saturated heterocycles. The quantitative estimate of drug-likeness (QED) is 0.828. The first-order valence-corrected chi connectivity index (χ1v) is 6.68. The lowest BCUT2D eigenvalue weighted by Crippen LogP contribution is -2.20. The highest BCUT2D eigenvalue weighted by Crippen LogP contribution is 2.12. The van der Waals surface area contributed by atoms with Crippen LogP contribution in [0.2, 0.25) is 0 Å². The molecule has 0 spiro atoms. The van der Waals surface area contributed by atoms with Gasteiger partial charge in [-0.1, -0.05) is 12.1 Å². The van der Waals surface area contributed by atoms with Crippen molar-refractivity contribution in [3.63, 3.8) is 0 Å². The number of nitrogens with one attached hydrogen (secondary N) is 2. The van der Waals surface area contributed by atoms with Crippen LogP contribution in [0.15, 0.2) is 36.5 Å². The molecule has 7 heteroatoms. The molecule has 112 valence electrons. The lowest BCUT2D eigenvalue weighted by atomic mass is 10.1. The fraction of sp³-hybridized carbons (Fsp3) is 0.200. The third kappa shape index (κ3) is 4.18. The van der Waals surface area contributed by atoms with Crippen molar-refractivity contribution < 1.29 is 9.59 Å². The second-order valence-corrected chi connectivity index (χ2v) is 4.59. The number of amides is 2. The molecule has 2 N–H and O–H groups in total. The van der Waals surface area contributed by atoms with Crippen LogP contribution in [0, 0.1) is 11.3 Å². The molecule has 0 unspecified atom stereocenters. The molecule has 1 aromatic heterocycles. The average molecular weight is 297 g/mol. The molecule has 0 radical (unpaired) electrons. The number of carbonyl (C=O) groups is 2. The van der Waals surface area contributed by atoms with E-state index in [1.54, 1.807) is 41.2 Å². The summed E-state index contributed by atoms with van der Waals surface area (Å²) in [5, 5.41) is 17.8. The van der Waals surface area contributed by atoms with Crippen molar-refractivity contribution in [2.75, 3.05) is 10.6 Å². The number of aryl methyl sites for hydroxylation is 1. The third-order valence-corrected chi connectivity index (χ3v) is 2.86. The minimum absolute atomic E-state index is 0.0692. The predicted octanol–water partition coefficient (Wildman–Crippen LogP) is 2.64. The summed E-state index contributed by atoms with van der Waals surface area (Å²) in [5.41, 5.74) is 1.05. The molecule has 0 saturated carbocycles. The minimum atomic E-state index is -0.453. The van der Waals surface area contributed by atoms with E-state index in [2.05, 4.69) is 15.7 Å². The molecule has 2 rings (SSSR count). The van der Waals surface area contributed by atoms with E-state index in [9.17, 15) is 9.59 Å². The van der Waals surface area contributed by atoms with Gasteiger partial charge in [0.25, 0.3) is 0 Å². The van der Waals surface area contributed by atoms with E-state index in [4.69, 9.17) is 5.26 Å². The van der Waals surface area contributed by atoms with E-state index < -0.39 is 6.03 Å². The van der Waals surface area contributed by atoms with E-state index in [0.717, 1.165) is 0 Å². The predicted molar refractivity (Wildman–Crippen MR) is 81.5 cm³/mol. The van der Waals surface area contributed by atoms with Crippen molar-refractivity contribution in [2.24, 2.45) is 0 Å². The highest BCUT2D eigenvalue weighted by atomic mass is 16.2. The smallest absolute Gasteiger partial charge is 0.308 e. The molecule has 0 bridgehead atoms. The van der Waals surface area contributed by atoms with Gasteiger partial charge in [-0.25, -0.2) is 4.79 Å². The Hall–Kier alpha value is -3.14. The molecule has 1 heterocycles. The summed E-state index contributed by atoms with van der Waals surface area (Å²) < 4.78 is 1.58. The van der Waals surface area contributed by atoms with E-state index in [1.807, 2.05) is 6.07 Å². The number of urea groups is 1. The first-order valence-electron chi connectivity index (χ1n) is 6.68. The highest BCUT2D eigenvalue weighted by molar-refractivity contribution is 6.00. The molecule has 0 fully saturated rings. The Morgan fingerprint density at radius 2 is 2.14 bits per heavy atom. The van der Waals surface area contributed by atoms with Crippen LogP contribution in [0.5, 0.6) is 0 Å². The highest BCUT2D eigenvalue weighted by Gasteiger charge is 2.07. The summed E-state index contributed by atoms with van der Waals surface area (Å²) in [5.74, 6) is 0.318. The molecule has 0 atom stereocenters. The second kappa shape index (κ2) is 7.04. The van der Waals surface area contributed by atoms with Crippen LogP contribution in [-0.4, -0.2) is 21.6 Å². The van der Waals surface area contributed by atoms with Crippen LogP contribution in [0.3, 0.4) is 0 Å². The Bertz CT molecular complexity index is 730. The van der Waals surface area contributed by atoms with Crippen molar-refractivity contribution in [3.8, 4) is 6.07 Å². The maximum absolute atomic E-state index is 11.9. The number of hydrogen-bond acceptors (Lipinski definition) is 4. The lowest BCUT2D eigenvalue weighted by Gasteiger charge is -2.06. The monoisotopic (exact) mass is 297 g/mol. The number of Topliss-reactive ketones (excluding diaryl/α,β-unsaturated/α-hetero) is 1. The van der Waals surface area contributed by atoms with Crippen LogP contribution in [-0.2, 0) is 6.54 Å². The normalized spacial score (nSPS) is 9.82. The molecule has 0 aliphatic heterocycles. The van der Waals surface area contributed by atoms with Gasteiger partial charge in [0, 0.05) is 23.5 Å². The van der Waals surface area contributed by atoms with Crippen LogP contribution >= 0.6 is 0 Å². The molecule has 0 aliphatic rings. The Morgan fingerprint density at radius 1 is 1.32 bits per heavy atom. The van der Waals surface area contributed by atoms with Gasteiger partial charge in [-0.3, -0.25) is 14.8 Å². The van der Waals surface area contributed by atoms with Crippen LogP contribution in [0.1, 0.15) is 23.7 Å². The first kappa shape index (κ1) is 15.3. The summed E-state index contributed by atoms with van der Waals surface area (Å²) in [6, 6.07) is 9.89. The number of anilines is 2. The Morgan fingerprint density at radius 3 is 2.86 bits per heavy atom. The molecular formula is C15H15N5O2. The number of nitriles is 1. The molecule has 1 aromatic carbocycles. The maximum Gasteiger partial charge on any atom is 0.324 e. The van der Waals surface area contributed by atoms with Gasteiger partial charge in [0.2, 0.25) is 0 Å². The summed E-state index contributed by atoms with van der Waals surface area (Å²) >= 11 is 0. The average Bonchev–Trinajstić information content (AvgIpc) is 2.92. The van der Waals surface area contributed by atoms with Crippen LogP contribution in [0.4, 0.5) is 16.3 Å². The van der Waals surface area contributed by atoms with E-state index in [-0.39, 0.29) is 5.78 Å². The van der Waals surface area contributed by atoms with Gasteiger partial charge in [0.1, 0.15) is 0 Å². The van der Waals surface area contributed by atoms with E-state index >= 15 is 0 Å². The number of aromatic nitrogens is 2. The molecule has 22 heavy (non-hydrogen) atoms. The van der Waals surface area contributed by atoms with Gasteiger partial charge in [0.15, 0.2) is 11.6 Å². The van der Waals surface area contributed by atoms with Crippen LogP contribution in [0.25, 0.3) is 0 Å². The molecule has 2 aromatic rings. The van der Waals surface area contributed by atoms with Gasteiger partial charge in [-0.05, 0) is 19.1 Å². The fourth-order valence-corrected chi connectivity index (χ4v) is 1.81. The summed E-state index contributed by atoms with van der Waals surface area (Å²) in [6.07, 6.45) is 2.04. The fourth-order valence-electron chi connectivity index (χ4n) is 1.81. The number of hydrogen-bond donors (Lipinski definition) is 2. The topological polar surface area (TPSA) is 99.8 Å². The SMILES string of the molecule is CC(=O)c1cccc(NC(=O)Nc2ccn(CCC#N)n2)c1. The van der Waals surface area contributed by atoms with Gasteiger partial charge in [0.05, 0.1) is 19.0 Å². The number of carbonyl (C=O) groups excluding carboxylic acids is 2. The zero-order valence-electron chi connectivity index (χ0n) is 12.0. The van der Waals surface area contributed by atoms with Crippen molar-refractivity contribution >= 4 is 23.3 Å². The molecule has 7 nitrogen and oxygen atoms in total. The molecule has 2 amide bonds. The molecule has 0 aliphatic carbocycles. The van der Waals surface area contributed by atoms with E-state index in [1.165, 1.54) is 6.92 Å². The van der Waals surface area contributed by atoms with E-state index in [0.29, 0.717) is 30.0 Å². The zero-order chi connectivity index (χ0) is 15.9. The largest absolute Gasteiger partial charge is 0.324 e. The number of nitrogens with zero attached hydrogens (tertiary/aromatic N) is 3. The number of ketones is 1. The zero-order valence-corrected chi connectivity index (χ0v) is 12.0. The summed E-state index contributed by atoms with van der Waals surface area (Å²) in [4.78, 5) is 23.2. The van der Waals surface area contributed by atoms with Gasteiger partial charge >= 0.3 is 6.03 Å².